The predicted molar refractivity (Wildman–Crippen MR) is 113 cm³/mol. The second kappa shape index (κ2) is 7.20. The third-order valence-electron chi connectivity index (χ3n) is 4.98. The molecule has 0 spiro atoms. The Morgan fingerprint density at radius 3 is 2.00 bits per heavy atom. The monoisotopic (exact) mass is 353 g/mol. The molecule has 0 amide bonds. The van der Waals surface area contributed by atoms with E-state index in [0.29, 0.717) is 5.56 Å². The molecule has 0 fully saturated rings. The number of aromatic nitrogens is 1. The lowest BCUT2D eigenvalue weighted by atomic mass is 9.94. The van der Waals surface area contributed by atoms with Crippen LogP contribution < -0.4 is 4.57 Å². The summed E-state index contributed by atoms with van der Waals surface area (Å²) in [5.74, 6) is 0. The van der Waals surface area contributed by atoms with Crippen molar-refractivity contribution in [2.24, 2.45) is 7.05 Å². The summed E-state index contributed by atoms with van der Waals surface area (Å²) in [6.07, 6.45) is 1.75. The van der Waals surface area contributed by atoms with Crippen molar-refractivity contribution in [1.29, 1.82) is 0 Å². The Morgan fingerprint density at radius 2 is 1.33 bits per heavy atom. The molecule has 4 aromatic rings. The normalized spacial score (nSPS) is 12.9. The van der Waals surface area contributed by atoms with Gasteiger partial charge >= 0.3 is 0 Å². The summed E-state index contributed by atoms with van der Waals surface area (Å²) in [6.45, 7) is -0.105. The van der Waals surface area contributed by atoms with Crippen LogP contribution in [0.1, 0.15) is 15.2 Å². The predicted octanol–water partition coefficient (Wildman–Crippen LogP) is 6.13. The molecular weight excluding hydrogens is 326 g/mol. The molecule has 1 heterocycles. The minimum absolute atomic E-state index is 0.358. The molecule has 1 nitrogen and oxygen atoms in total. The van der Waals surface area contributed by atoms with E-state index in [1.807, 2.05) is 66.2 Å². The van der Waals surface area contributed by atoms with Gasteiger partial charge in [0.05, 0.1) is 0 Å². The van der Waals surface area contributed by atoms with E-state index in [-0.39, 0.29) is 0 Å². The van der Waals surface area contributed by atoms with Gasteiger partial charge in [-0.05, 0) is 47.7 Å². The van der Waals surface area contributed by atoms with E-state index in [1.54, 1.807) is 6.20 Å². The summed E-state index contributed by atoms with van der Waals surface area (Å²) in [7, 11) is 1.91. The summed E-state index contributed by atoms with van der Waals surface area (Å²) in [4.78, 5) is 0. The molecule has 3 aromatic carbocycles. The van der Waals surface area contributed by atoms with E-state index in [4.69, 9.17) is 4.11 Å². The van der Waals surface area contributed by atoms with Gasteiger partial charge in [-0.15, -0.1) is 0 Å². The maximum absolute atomic E-state index is 8.04. The van der Waals surface area contributed by atoms with Crippen molar-refractivity contribution in [3.8, 4) is 33.5 Å². The molecule has 1 aromatic heterocycles. The van der Waals surface area contributed by atoms with Crippen LogP contribution in [0.5, 0.6) is 0 Å². The van der Waals surface area contributed by atoms with E-state index in [9.17, 15) is 0 Å². The third-order valence-corrected chi connectivity index (χ3v) is 4.98. The molecule has 0 aliphatic heterocycles. The lowest BCUT2D eigenvalue weighted by Crippen LogP contribution is -2.31. The van der Waals surface area contributed by atoms with Gasteiger partial charge in [-0.1, -0.05) is 72.8 Å². The number of aryl methyl sites for hydroxylation is 3. The van der Waals surface area contributed by atoms with Crippen molar-refractivity contribution < 1.29 is 8.68 Å². The Hall–Kier alpha value is -3.19. The third kappa shape index (κ3) is 3.41. The van der Waals surface area contributed by atoms with Crippen LogP contribution in [-0.2, 0) is 7.05 Å². The summed E-state index contributed by atoms with van der Waals surface area (Å²) < 4.78 is 26.1. The molecule has 0 aliphatic rings. The van der Waals surface area contributed by atoms with Crippen molar-refractivity contribution in [3.63, 3.8) is 0 Å². The maximum atomic E-state index is 8.04. The topological polar surface area (TPSA) is 3.88 Å². The van der Waals surface area contributed by atoms with Crippen LogP contribution in [0.25, 0.3) is 33.5 Å². The molecule has 0 unspecified atom stereocenters. The average Bonchev–Trinajstić information content (AvgIpc) is 2.75. The fourth-order valence-corrected chi connectivity index (χ4v) is 3.48. The van der Waals surface area contributed by atoms with Crippen LogP contribution in [0.15, 0.2) is 91.1 Å². The standard InChI is InChI=1S/C26H24N/c1-19-14-15-23(21-10-6-4-7-11-21)16-25(19)26-17-24(20(2)18-27(26)3)22-12-8-5-9-13-22/h4-18H,1-3H3/q+1/i2D3. The lowest BCUT2D eigenvalue weighted by Gasteiger charge is -2.11. The second-order valence-electron chi connectivity index (χ2n) is 6.86. The van der Waals surface area contributed by atoms with Crippen LogP contribution in [0.3, 0.4) is 0 Å². The highest BCUT2D eigenvalue weighted by Gasteiger charge is 2.17. The zero-order valence-corrected chi connectivity index (χ0v) is 15.6. The number of rotatable bonds is 3. The maximum Gasteiger partial charge on any atom is 0.213 e. The smallest absolute Gasteiger partial charge is 0.201 e. The Labute approximate surface area is 165 Å². The molecule has 0 N–H and O–H groups in total. The summed E-state index contributed by atoms with van der Waals surface area (Å²) in [5.41, 5.74) is 7.52. The Morgan fingerprint density at radius 1 is 0.667 bits per heavy atom. The molecule has 4 rings (SSSR count). The molecular formula is C26H24N+. The van der Waals surface area contributed by atoms with Gasteiger partial charge in [-0.2, -0.15) is 0 Å². The van der Waals surface area contributed by atoms with Crippen molar-refractivity contribution in [1.82, 2.24) is 0 Å². The molecule has 0 bridgehead atoms. The first-order valence-corrected chi connectivity index (χ1v) is 9.10. The SMILES string of the molecule is [2H]C([2H])([2H])c1c[n+](C)c(-c2cc(-c3ccccc3)ccc2C)cc1-c1ccccc1. The average molecular weight is 354 g/mol. The molecule has 0 atom stereocenters. The first-order valence-electron chi connectivity index (χ1n) is 10.6. The van der Waals surface area contributed by atoms with Crippen molar-refractivity contribution in [2.75, 3.05) is 0 Å². The van der Waals surface area contributed by atoms with Gasteiger partial charge in [-0.3, -0.25) is 0 Å². The number of hydrogen-bond acceptors (Lipinski definition) is 0. The van der Waals surface area contributed by atoms with E-state index >= 15 is 0 Å². The molecule has 0 saturated carbocycles. The van der Waals surface area contributed by atoms with Crippen LogP contribution in [0, 0.1) is 13.8 Å². The molecule has 0 saturated heterocycles. The quantitative estimate of drug-likeness (QED) is 0.390. The fourth-order valence-electron chi connectivity index (χ4n) is 3.48. The van der Waals surface area contributed by atoms with E-state index in [1.165, 1.54) is 0 Å². The molecule has 27 heavy (non-hydrogen) atoms. The first kappa shape index (κ1) is 13.9. The number of pyridine rings is 1. The number of hydrogen-bond donors (Lipinski definition) is 0. The van der Waals surface area contributed by atoms with E-state index < -0.39 is 6.85 Å². The summed E-state index contributed by atoms with van der Waals surface area (Å²) >= 11 is 0. The van der Waals surface area contributed by atoms with Crippen LogP contribution in [0.2, 0.25) is 0 Å². The van der Waals surface area contributed by atoms with Gasteiger partial charge in [0.15, 0.2) is 6.20 Å². The Balaban J connectivity index is 1.94. The summed E-state index contributed by atoms with van der Waals surface area (Å²) in [6, 6.07) is 28.5. The minimum atomic E-state index is -2.19. The number of nitrogens with zero attached hydrogens (tertiary/aromatic N) is 1. The zero-order valence-electron chi connectivity index (χ0n) is 18.6. The van der Waals surface area contributed by atoms with Crippen molar-refractivity contribution >= 4 is 0 Å². The van der Waals surface area contributed by atoms with Gasteiger partial charge < -0.3 is 0 Å². The first-order chi connectivity index (χ1) is 14.3. The van der Waals surface area contributed by atoms with E-state index in [0.717, 1.165) is 39.1 Å². The highest BCUT2D eigenvalue weighted by molar-refractivity contribution is 5.76. The van der Waals surface area contributed by atoms with Crippen LogP contribution in [0.4, 0.5) is 0 Å². The highest BCUT2D eigenvalue weighted by atomic mass is 14.9. The van der Waals surface area contributed by atoms with E-state index in [2.05, 4.69) is 37.3 Å². The van der Waals surface area contributed by atoms with Crippen molar-refractivity contribution in [3.05, 3.63) is 102 Å². The van der Waals surface area contributed by atoms with Crippen LogP contribution >= 0.6 is 0 Å². The Kier molecular flexibility index (Phi) is 3.72. The highest BCUT2D eigenvalue weighted by Crippen LogP contribution is 2.31. The van der Waals surface area contributed by atoms with Crippen LogP contribution in [-0.4, -0.2) is 0 Å². The fraction of sp³-hybridized carbons (Fsp3) is 0.115. The van der Waals surface area contributed by atoms with Gasteiger partial charge in [0.1, 0.15) is 7.05 Å². The van der Waals surface area contributed by atoms with Gasteiger partial charge in [0.25, 0.3) is 0 Å². The molecule has 1 heteroatoms. The Bertz CT molecular complexity index is 1180. The van der Waals surface area contributed by atoms with Gasteiger partial charge in [-0.25, -0.2) is 4.57 Å². The summed E-state index contributed by atoms with van der Waals surface area (Å²) in [5, 5.41) is 0. The number of benzene rings is 3. The van der Waals surface area contributed by atoms with Gasteiger partial charge in [0.2, 0.25) is 5.69 Å². The second-order valence-corrected chi connectivity index (χ2v) is 6.86. The minimum Gasteiger partial charge on any atom is -0.201 e. The molecule has 132 valence electrons. The lowest BCUT2D eigenvalue weighted by molar-refractivity contribution is -0.660. The molecule has 0 radical (unpaired) electrons. The molecule has 0 aliphatic carbocycles. The largest absolute Gasteiger partial charge is 0.213 e. The van der Waals surface area contributed by atoms with Crippen molar-refractivity contribution in [2.45, 2.75) is 13.8 Å². The zero-order chi connectivity index (χ0) is 21.3. The van der Waals surface area contributed by atoms with Gasteiger partial charge in [0, 0.05) is 21.3 Å².